The molecule has 1 unspecified atom stereocenters. The van der Waals surface area contributed by atoms with E-state index in [1.165, 1.54) is 59.6 Å². The number of methoxy groups -OCH3 is 4. The summed E-state index contributed by atoms with van der Waals surface area (Å²) in [7, 11) is 1.53. The first-order valence-corrected chi connectivity index (χ1v) is 16.5. The molecule has 0 saturated heterocycles. The second kappa shape index (κ2) is 15.6. The molecule has 0 aliphatic heterocycles. The van der Waals surface area contributed by atoms with Gasteiger partial charge in [0, 0.05) is 24.0 Å². The minimum atomic E-state index is -4.11. The van der Waals surface area contributed by atoms with Gasteiger partial charge < -0.3 is 28.1 Å². The predicted molar refractivity (Wildman–Crippen MR) is 165 cm³/mol. The third kappa shape index (κ3) is 8.73. The highest BCUT2D eigenvalue weighted by molar-refractivity contribution is 7.92. The Morgan fingerprint density at radius 2 is 1.26 bits per heavy atom. The summed E-state index contributed by atoms with van der Waals surface area (Å²) in [6, 6.07) is 5.76. The number of sulfone groups is 1. The van der Waals surface area contributed by atoms with E-state index in [0.717, 1.165) is 0 Å². The molecule has 1 atom stereocenters. The van der Waals surface area contributed by atoms with Crippen molar-refractivity contribution in [3.63, 3.8) is 0 Å². The molecule has 2 radical (unpaired) electrons. The van der Waals surface area contributed by atoms with Crippen LogP contribution in [0.25, 0.3) is 0 Å². The molecule has 10 nitrogen and oxygen atoms in total. The summed E-state index contributed by atoms with van der Waals surface area (Å²) in [4.78, 5) is 26.2. The first-order valence-electron chi connectivity index (χ1n) is 14.1. The molecule has 0 heterocycles. The molecule has 238 valence electrons. The first-order chi connectivity index (χ1) is 20.2. The van der Waals surface area contributed by atoms with Gasteiger partial charge in [0.25, 0.3) is 0 Å². The van der Waals surface area contributed by atoms with Crippen molar-refractivity contribution in [2.24, 2.45) is 5.92 Å². The Morgan fingerprint density at radius 3 is 1.67 bits per heavy atom. The van der Waals surface area contributed by atoms with Gasteiger partial charge in [-0.1, -0.05) is 34.6 Å². The Kier molecular flexibility index (Phi) is 13.1. The van der Waals surface area contributed by atoms with Crippen molar-refractivity contribution in [2.75, 3.05) is 35.0 Å². The number of carbonyl (C=O) groups excluding carboxylic acids is 2. The van der Waals surface area contributed by atoms with E-state index in [0.29, 0.717) is 23.7 Å². The summed E-state index contributed by atoms with van der Waals surface area (Å²) in [5.74, 6) is 0.603. The number of rotatable bonds is 18. The van der Waals surface area contributed by atoms with Crippen LogP contribution in [0.2, 0.25) is 5.04 Å². The van der Waals surface area contributed by atoms with Gasteiger partial charge in [0.1, 0.15) is 10.3 Å². The molecular weight excluding hydrogens is 592 g/mol. The van der Waals surface area contributed by atoms with Crippen molar-refractivity contribution in [3.05, 3.63) is 35.4 Å². The smallest absolute Gasteiger partial charge is 0.238 e. The second-order valence-corrected chi connectivity index (χ2v) is 14.7. The highest BCUT2D eigenvalue weighted by Gasteiger charge is 2.34. The summed E-state index contributed by atoms with van der Waals surface area (Å²) < 4.78 is 60.8. The highest BCUT2D eigenvalue weighted by Crippen LogP contribution is 2.40. The fraction of sp³-hybridized carbons (Fsp3) is 0.548. The van der Waals surface area contributed by atoms with Gasteiger partial charge >= 0.3 is 0 Å². The molecule has 0 saturated carbocycles. The minimum Gasteiger partial charge on any atom is -0.493 e. The molecule has 2 aromatic rings. The Hall–Kier alpha value is -3.09. The third-order valence-corrected chi connectivity index (χ3v) is 10.9. The molecule has 0 N–H and O–H groups in total. The Bertz CT molecular complexity index is 1360. The maximum Gasteiger partial charge on any atom is 0.238 e. The molecule has 0 aliphatic rings. The van der Waals surface area contributed by atoms with Crippen LogP contribution in [0, 0.1) is 5.92 Å². The van der Waals surface area contributed by atoms with E-state index in [1.54, 1.807) is 0 Å². The van der Waals surface area contributed by atoms with Crippen LogP contribution < -0.4 is 23.7 Å². The van der Waals surface area contributed by atoms with Gasteiger partial charge in [-0.05, 0) is 48.6 Å². The monoisotopic (exact) mass is 636 g/mol. The summed E-state index contributed by atoms with van der Waals surface area (Å²) in [5.41, 5.74) is -0.846. The lowest BCUT2D eigenvalue weighted by Gasteiger charge is -2.29. The van der Waals surface area contributed by atoms with E-state index in [2.05, 4.69) is 13.8 Å². The molecule has 0 fully saturated rings. The van der Waals surface area contributed by atoms with Crippen LogP contribution in [-0.4, -0.2) is 70.2 Å². The Morgan fingerprint density at radius 1 is 0.791 bits per heavy atom. The number of hydrogen-bond donors (Lipinski definition) is 0. The first kappa shape index (κ1) is 36.1. The van der Waals surface area contributed by atoms with Gasteiger partial charge in [0.05, 0.1) is 35.0 Å². The van der Waals surface area contributed by atoms with Crippen molar-refractivity contribution < 1.29 is 46.1 Å². The van der Waals surface area contributed by atoms with Gasteiger partial charge in [-0.2, -0.15) is 0 Å². The van der Waals surface area contributed by atoms with Crippen molar-refractivity contribution >= 4 is 31.2 Å². The van der Waals surface area contributed by atoms with Gasteiger partial charge in [0.2, 0.25) is 25.3 Å². The quantitative estimate of drug-likeness (QED) is 0.143. The molecule has 0 aliphatic carbocycles. The molecule has 2 rings (SSSR count). The van der Waals surface area contributed by atoms with Crippen molar-refractivity contribution in [1.29, 1.82) is 0 Å². The largest absolute Gasteiger partial charge is 0.493 e. The van der Waals surface area contributed by atoms with Crippen LogP contribution in [0.1, 0.15) is 81.5 Å². The lowest BCUT2D eigenvalue weighted by atomic mass is 9.99. The fourth-order valence-corrected chi connectivity index (χ4v) is 6.22. The van der Waals surface area contributed by atoms with Crippen LogP contribution in [0.4, 0.5) is 0 Å². The van der Waals surface area contributed by atoms with Crippen LogP contribution in [0.5, 0.6) is 28.7 Å². The van der Waals surface area contributed by atoms with E-state index < -0.39 is 21.1 Å². The summed E-state index contributed by atoms with van der Waals surface area (Å²) in [5, 5.41) is -0.231. The zero-order valence-corrected chi connectivity index (χ0v) is 28.6. The van der Waals surface area contributed by atoms with Gasteiger partial charge in [0.15, 0.2) is 34.6 Å². The number of benzene rings is 2. The lowest BCUT2D eigenvalue weighted by molar-refractivity contribution is 0.0916. The van der Waals surface area contributed by atoms with Crippen molar-refractivity contribution in [3.8, 4) is 28.7 Å². The van der Waals surface area contributed by atoms with Crippen molar-refractivity contribution in [2.45, 2.75) is 76.2 Å². The molecule has 0 spiro atoms. The van der Waals surface area contributed by atoms with Gasteiger partial charge in [-0.25, -0.2) is 8.42 Å². The SMILES string of the molecule is CCCOc1c(OC)cc(C(=O)CCC(=O)c2cc(OC)c(OC)c(OC)c2)cc1S(=O)(=O)C(C)O[Si]C(C)(C)C(C)C. The molecule has 0 amide bonds. The van der Waals surface area contributed by atoms with Crippen molar-refractivity contribution in [1.82, 2.24) is 0 Å². The molecule has 0 aromatic heterocycles. The number of ether oxygens (including phenoxy) is 5. The normalized spacial score (nSPS) is 12.5. The number of hydrogen-bond acceptors (Lipinski definition) is 10. The van der Waals surface area contributed by atoms with Crippen LogP contribution in [0.15, 0.2) is 29.2 Å². The topological polar surface area (TPSA) is 124 Å². The summed E-state index contributed by atoms with van der Waals surface area (Å²) in [6.45, 7) is 11.8. The zero-order valence-electron chi connectivity index (χ0n) is 26.8. The zero-order chi connectivity index (χ0) is 32.5. The molecular formula is C31H44O10SSi. The van der Waals surface area contributed by atoms with E-state index in [-0.39, 0.29) is 73.5 Å². The fourth-order valence-electron chi connectivity index (χ4n) is 3.80. The maximum absolute atomic E-state index is 13.8. The van der Waals surface area contributed by atoms with Gasteiger partial charge in [-0.15, -0.1) is 0 Å². The Labute approximate surface area is 258 Å². The van der Waals surface area contributed by atoms with Crippen LogP contribution >= 0.6 is 0 Å². The van der Waals surface area contributed by atoms with E-state index in [4.69, 9.17) is 28.1 Å². The van der Waals surface area contributed by atoms with Crippen LogP contribution in [0.3, 0.4) is 0 Å². The molecule has 12 heteroatoms. The third-order valence-electron chi connectivity index (χ3n) is 7.25. The van der Waals surface area contributed by atoms with E-state index in [9.17, 15) is 18.0 Å². The maximum atomic E-state index is 13.8. The number of carbonyl (C=O) groups is 2. The number of ketones is 2. The van der Waals surface area contributed by atoms with Gasteiger partial charge in [-0.3, -0.25) is 9.59 Å². The van der Waals surface area contributed by atoms with Crippen LogP contribution in [-0.2, 0) is 14.3 Å². The molecule has 43 heavy (non-hydrogen) atoms. The molecule has 2 aromatic carbocycles. The minimum absolute atomic E-state index is 0.0244. The standard InChI is InChI=1S/C31H44O10SSi/c1-11-14-40-30-27(38-9)17-22(18-28(30)42(34,35)20(4)41-43-31(5,6)19(2)3)24(33)13-12-23(32)21-15-25(36-7)29(39-10)26(16-21)37-8/h15-20H,11-14H2,1-10H3. The predicted octanol–water partition coefficient (Wildman–Crippen LogP) is 5.97. The highest BCUT2D eigenvalue weighted by atomic mass is 32.2. The Balaban J connectivity index is 2.43. The van der Waals surface area contributed by atoms with E-state index >= 15 is 0 Å². The summed E-state index contributed by atoms with van der Waals surface area (Å²) in [6.07, 6.45) is 0.312. The average molecular weight is 637 g/mol. The second-order valence-electron chi connectivity index (χ2n) is 10.8. The molecule has 0 bridgehead atoms. The lowest BCUT2D eigenvalue weighted by Crippen LogP contribution is -2.30. The summed E-state index contributed by atoms with van der Waals surface area (Å²) >= 11 is 0. The average Bonchev–Trinajstić information content (AvgIpc) is 2.99. The van der Waals surface area contributed by atoms with E-state index in [1.807, 2.05) is 20.8 Å². The number of Topliss-reactive ketones (excluding diaryl/α,β-unsaturated/α-hetero) is 2.